The Bertz CT molecular complexity index is 736. The minimum atomic E-state index is 0.285. The normalized spacial score (nSPS) is 10.7. The highest BCUT2D eigenvalue weighted by Crippen LogP contribution is 2.31. The molecule has 3 aromatic rings. The lowest BCUT2D eigenvalue weighted by Crippen LogP contribution is -1.80. The van der Waals surface area contributed by atoms with Gasteiger partial charge in [0.1, 0.15) is 11.3 Å². The van der Waals surface area contributed by atoms with E-state index < -0.39 is 0 Å². The van der Waals surface area contributed by atoms with Gasteiger partial charge in [-0.05, 0) is 29.4 Å². The maximum absolute atomic E-state index is 11.0. The molecule has 18 heavy (non-hydrogen) atoms. The molecule has 2 heterocycles. The van der Waals surface area contributed by atoms with Gasteiger partial charge in [0, 0.05) is 16.8 Å². The minimum absolute atomic E-state index is 0.285. The van der Waals surface area contributed by atoms with E-state index in [1.54, 1.807) is 22.7 Å². The standard InChI is InChI=1S/C13H8ClN3O/c14-10-5-3-4-9(8-10)12-13(16-18)17-7-2-1-6-11(17)15-12/h1-8H. The van der Waals surface area contributed by atoms with Crippen LogP contribution in [0.4, 0.5) is 5.82 Å². The molecule has 0 fully saturated rings. The van der Waals surface area contributed by atoms with E-state index in [-0.39, 0.29) is 5.82 Å². The SMILES string of the molecule is O=Nc1c(-c2cccc(Cl)c2)nc2ccccn12. The lowest BCUT2D eigenvalue weighted by atomic mass is 10.1. The average molecular weight is 258 g/mol. The number of pyridine rings is 1. The third kappa shape index (κ3) is 1.67. The molecule has 5 heteroatoms. The first-order valence-corrected chi connectivity index (χ1v) is 5.74. The molecule has 0 saturated carbocycles. The van der Waals surface area contributed by atoms with Crippen molar-refractivity contribution in [1.29, 1.82) is 0 Å². The predicted octanol–water partition coefficient (Wildman–Crippen LogP) is 4.05. The van der Waals surface area contributed by atoms with E-state index in [1.165, 1.54) is 0 Å². The Morgan fingerprint density at radius 2 is 2.06 bits per heavy atom. The third-order valence-electron chi connectivity index (χ3n) is 2.69. The highest BCUT2D eigenvalue weighted by molar-refractivity contribution is 6.30. The van der Waals surface area contributed by atoms with E-state index in [9.17, 15) is 4.91 Å². The fourth-order valence-corrected chi connectivity index (χ4v) is 2.09. The van der Waals surface area contributed by atoms with Gasteiger partial charge < -0.3 is 0 Å². The van der Waals surface area contributed by atoms with E-state index in [0.717, 1.165) is 5.56 Å². The van der Waals surface area contributed by atoms with Crippen molar-refractivity contribution in [3.8, 4) is 11.3 Å². The van der Waals surface area contributed by atoms with Crippen LogP contribution in [0.25, 0.3) is 16.9 Å². The second kappa shape index (κ2) is 4.23. The summed E-state index contributed by atoms with van der Waals surface area (Å²) in [5, 5.41) is 3.67. The molecule has 1 aromatic carbocycles. The van der Waals surface area contributed by atoms with Crippen molar-refractivity contribution in [2.75, 3.05) is 0 Å². The third-order valence-corrected chi connectivity index (χ3v) is 2.92. The zero-order valence-corrected chi connectivity index (χ0v) is 10.0. The zero-order valence-electron chi connectivity index (χ0n) is 9.25. The number of hydrogen-bond donors (Lipinski definition) is 0. The highest BCUT2D eigenvalue weighted by atomic mass is 35.5. The van der Waals surface area contributed by atoms with Gasteiger partial charge in [0.25, 0.3) is 0 Å². The lowest BCUT2D eigenvalue weighted by Gasteiger charge is -1.98. The first kappa shape index (κ1) is 10.9. The fourth-order valence-electron chi connectivity index (χ4n) is 1.90. The smallest absolute Gasteiger partial charge is 0.209 e. The van der Waals surface area contributed by atoms with Crippen molar-refractivity contribution in [1.82, 2.24) is 9.38 Å². The molecular formula is C13H8ClN3O. The van der Waals surface area contributed by atoms with Crippen LogP contribution in [0, 0.1) is 4.91 Å². The van der Waals surface area contributed by atoms with Gasteiger partial charge >= 0.3 is 0 Å². The first-order valence-electron chi connectivity index (χ1n) is 5.36. The molecule has 4 nitrogen and oxygen atoms in total. The van der Waals surface area contributed by atoms with E-state index >= 15 is 0 Å². The summed E-state index contributed by atoms with van der Waals surface area (Å²) in [6.07, 6.45) is 1.76. The molecule has 2 aromatic heterocycles. The molecular weight excluding hydrogens is 250 g/mol. The molecule has 88 valence electrons. The van der Waals surface area contributed by atoms with Crippen molar-refractivity contribution in [2.45, 2.75) is 0 Å². The van der Waals surface area contributed by atoms with E-state index in [1.807, 2.05) is 30.3 Å². The molecule has 0 saturated heterocycles. The van der Waals surface area contributed by atoms with Gasteiger partial charge in [-0.3, -0.25) is 4.40 Å². The summed E-state index contributed by atoms with van der Waals surface area (Å²) in [5.41, 5.74) is 2.00. The Morgan fingerprint density at radius 1 is 1.17 bits per heavy atom. The van der Waals surface area contributed by atoms with Crippen LogP contribution in [0.1, 0.15) is 0 Å². The summed E-state index contributed by atoms with van der Waals surface area (Å²) in [6.45, 7) is 0. The molecule has 0 aliphatic rings. The van der Waals surface area contributed by atoms with Crippen LogP contribution in [-0.4, -0.2) is 9.38 Å². The largest absolute Gasteiger partial charge is 0.281 e. The molecule has 3 rings (SSSR count). The molecule has 0 N–H and O–H groups in total. The number of halogens is 1. The monoisotopic (exact) mass is 257 g/mol. The number of fused-ring (bicyclic) bond motifs is 1. The van der Waals surface area contributed by atoms with Gasteiger partial charge in [-0.15, -0.1) is 4.91 Å². The topological polar surface area (TPSA) is 46.7 Å². The lowest BCUT2D eigenvalue weighted by molar-refractivity contribution is 1.16. The van der Waals surface area contributed by atoms with Gasteiger partial charge in [-0.1, -0.05) is 29.8 Å². The van der Waals surface area contributed by atoms with E-state index in [4.69, 9.17) is 11.6 Å². The average Bonchev–Trinajstić information content (AvgIpc) is 2.77. The van der Waals surface area contributed by atoms with E-state index in [0.29, 0.717) is 16.4 Å². The quantitative estimate of drug-likeness (QED) is 0.650. The van der Waals surface area contributed by atoms with Crippen molar-refractivity contribution < 1.29 is 0 Å². The molecule has 0 atom stereocenters. The number of imidazole rings is 1. The summed E-state index contributed by atoms with van der Waals surface area (Å²) >= 11 is 5.95. The summed E-state index contributed by atoms with van der Waals surface area (Å²) in [5.74, 6) is 0.285. The molecule has 0 unspecified atom stereocenters. The van der Waals surface area contributed by atoms with Crippen LogP contribution in [0.2, 0.25) is 5.02 Å². The zero-order chi connectivity index (χ0) is 12.5. The number of hydrogen-bond acceptors (Lipinski definition) is 3. The van der Waals surface area contributed by atoms with E-state index in [2.05, 4.69) is 10.2 Å². The number of rotatable bonds is 2. The van der Waals surface area contributed by atoms with Crippen molar-refractivity contribution in [3.63, 3.8) is 0 Å². The second-order valence-corrected chi connectivity index (χ2v) is 4.25. The summed E-state index contributed by atoms with van der Waals surface area (Å²) < 4.78 is 1.66. The van der Waals surface area contributed by atoms with Gasteiger partial charge in [0.2, 0.25) is 5.82 Å². The fraction of sp³-hybridized carbons (Fsp3) is 0. The number of benzene rings is 1. The van der Waals surface area contributed by atoms with Crippen LogP contribution >= 0.6 is 11.6 Å². The highest BCUT2D eigenvalue weighted by Gasteiger charge is 2.14. The molecule has 0 amide bonds. The van der Waals surface area contributed by atoms with Crippen molar-refractivity contribution in [3.05, 3.63) is 58.6 Å². The Hall–Kier alpha value is -2.20. The maximum Gasteiger partial charge on any atom is 0.209 e. The van der Waals surface area contributed by atoms with Crippen LogP contribution in [0.15, 0.2) is 53.8 Å². The molecule has 0 radical (unpaired) electrons. The maximum atomic E-state index is 11.0. The van der Waals surface area contributed by atoms with Crippen LogP contribution in [0.5, 0.6) is 0 Å². The molecule has 0 aliphatic heterocycles. The first-order chi connectivity index (χ1) is 8.79. The number of nitrogens with zero attached hydrogens (tertiary/aromatic N) is 3. The van der Waals surface area contributed by atoms with Gasteiger partial charge in [0.15, 0.2) is 0 Å². The molecule has 0 aliphatic carbocycles. The summed E-state index contributed by atoms with van der Waals surface area (Å²) in [6, 6.07) is 12.7. The molecule has 0 spiro atoms. The van der Waals surface area contributed by atoms with Gasteiger partial charge in [-0.2, -0.15) is 0 Å². The Morgan fingerprint density at radius 3 is 2.83 bits per heavy atom. The Kier molecular flexibility index (Phi) is 2.57. The summed E-state index contributed by atoms with van der Waals surface area (Å²) in [4.78, 5) is 15.4. The Balaban J connectivity index is 2.32. The number of aromatic nitrogens is 2. The van der Waals surface area contributed by atoms with Gasteiger partial charge in [-0.25, -0.2) is 4.98 Å². The Labute approximate surface area is 108 Å². The van der Waals surface area contributed by atoms with Crippen LogP contribution in [-0.2, 0) is 0 Å². The predicted molar refractivity (Wildman–Crippen MR) is 71.1 cm³/mol. The second-order valence-electron chi connectivity index (χ2n) is 3.81. The van der Waals surface area contributed by atoms with Crippen LogP contribution in [0.3, 0.4) is 0 Å². The van der Waals surface area contributed by atoms with Crippen LogP contribution < -0.4 is 0 Å². The minimum Gasteiger partial charge on any atom is -0.281 e. The van der Waals surface area contributed by atoms with Crippen molar-refractivity contribution in [2.24, 2.45) is 5.18 Å². The van der Waals surface area contributed by atoms with Gasteiger partial charge in [0.05, 0.1) is 0 Å². The summed E-state index contributed by atoms with van der Waals surface area (Å²) in [7, 11) is 0. The van der Waals surface area contributed by atoms with Crippen molar-refractivity contribution >= 4 is 23.1 Å². The number of nitroso groups, excluding NO2 is 1. The molecule has 0 bridgehead atoms.